The number of amides is 2. The zero-order chi connectivity index (χ0) is 15.7. The first-order valence-electron chi connectivity index (χ1n) is 7.50. The molecule has 22 heavy (non-hydrogen) atoms. The van der Waals surface area contributed by atoms with Crippen LogP contribution in [-0.2, 0) is 9.59 Å². The molecule has 118 valence electrons. The number of nitrogens with one attached hydrogen (secondary N) is 1. The van der Waals surface area contributed by atoms with Crippen molar-refractivity contribution in [1.82, 2.24) is 10.2 Å². The van der Waals surface area contributed by atoms with Gasteiger partial charge in [0.25, 0.3) is 5.91 Å². The van der Waals surface area contributed by atoms with Crippen LogP contribution >= 0.6 is 0 Å². The standard InChI is InChI=1S/C16H19FN2O3/c1-10-6-13(10)19-8-11(7-16(19)21)18-15(20)9-22-14-5-3-2-4-12(14)17/h2-5,10-11,13H,6-9H2,1H3,(H,18,20)/t10-,11+,13-/m1/s1. The molecule has 2 aliphatic rings. The van der Waals surface area contributed by atoms with Crippen molar-refractivity contribution >= 4 is 11.8 Å². The van der Waals surface area contributed by atoms with Crippen LogP contribution in [-0.4, -0.2) is 41.9 Å². The number of halogens is 1. The van der Waals surface area contributed by atoms with E-state index in [1.165, 1.54) is 12.1 Å². The minimum atomic E-state index is -0.500. The molecule has 1 aromatic carbocycles. The molecule has 1 aromatic rings. The van der Waals surface area contributed by atoms with Crippen LogP contribution in [0.25, 0.3) is 0 Å². The number of hydrogen-bond donors (Lipinski definition) is 1. The lowest BCUT2D eigenvalue weighted by Crippen LogP contribution is -2.40. The van der Waals surface area contributed by atoms with Crippen LogP contribution in [0.4, 0.5) is 4.39 Å². The predicted molar refractivity (Wildman–Crippen MR) is 77.7 cm³/mol. The van der Waals surface area contributed by atoms with Crippen LogP contribution in [0.15, 0.2) is 24.3 Å². The van der Waals surface area contributed by atoms with Crippen LogP contribution in [0.1, 0.15) is 19.8 Å². The van der Waals surface area contributed by atoms with E-state index < -0.39 is 5.82 Å². The molecule has 1 aliphatic carbocycles. The van der Waals surface area contributed by atoms with E-state index in [1.807, 2.05) is 4.90 Å². The molecule has 5 nitrogen and oxygen atoms in total. The van der Waals surface area contributed by atoms with Crippen LogP contribution in [0.2, 0.25) is 0 Å². The van der Waals surface area contributed by atoms with Crippen LogP contribution in [0, 0.1) is 11.7 Å². The summed E-state index contributed by atoms with van der Waals surface area (Å²) in [5.74, 6) is -0.141. The van der Waals surface area contributed by atoms with E-state index in [0.29, 0.717) is 24.9 Å². The molecule has 6 heteroatoms. The summed E-state index contributed by atoms with van der Waals surface area (Å²) >= 11 is 0. The van der Waals surface area contributed by atoms with Crippen molar-refractivity contribution in [2.24, 2.45) is 5.92 Å². The maximum Gasteiger partial charge on any atom is 0.258 e. The van der Waals surface area contributed by atoms with Crippen molar-refractivity contribution in [1.29, 1.82) is 0 Å². The van der Waals surface area contributed by atoms with Gasteiger partial charge >= 0.3 is 0 Å². The second kappa shape index (κ2) is 5.94. The highest BCUT2D eigenvalue weighted by molar-refractivity contribution is 5.83. The zero-order valence-electron chi connectivity index (χ0n) is 12.4. The van der Waals surface area contributed by atoms with Crippen LogP contribution < -0.4 is 10.1 Å². The first-order valence-corrected chi connectivity index (χ1v) is 7.50. The summed E-state index contributed by atoms with van der Waals surface area (Å²) < 4.78 is 18.5. The van der Waals surface area contributed by atoms with Crippen molar-refractivity contribution in [3.63, 3.8) is 0 Å². The molecule has 0 unspecified atom stereocenters. The largest absolute Gasteiger partial charge is 0.481 e. The second-order valence-corrected chi connectivity index (χ2v) is 6.01. The van der Waals surface area contributed by atoms with E-state index in [2.05, 4.69) is 12.2 Å². The van der Waals surface area contributed by atoms with Crippen molar-refractivity contribution in [3.8, 4) is 5.75 Å². The van der Waals surface area contributed by atoms with Crippen LogP contribution in [0.3, 0.4) is 0 Å². The Balaban J connectivity index is 1.46. The number of carbonyl (C=O) groups is 2. The molecule has 0 radical (unpaired) electrons. The normalized spacial score (nSPS) is 26.9. The maximum atomic E-state index is 13.4. The molecule has 0 bridgehead atoms. The molecule has 1 saturated carbocycles. The summed E-state index contributed by atoms with van der Waals surface area (Å²) in [6.07, 6.45) is 1.37. The highest BCUT2D eigenvalue weighted by Gasteiger charge is 2.44. The lowest BCUT2D eigenvalue weighted by atomic mass is 10.2. The van der Waals surface area contributed by atoms with Crippen LogP contribution in [0.5, 0.6) is 5.75 Å². The van der Waals surface area contributed by atoms with Crippen molar-refractivity contribution < 1.29 is 18.7 Å². The summed E-state index contributed by atoms with van der Waals surface area (Å²) in [6.45, 7) is 2.41. The number of carbonyl (C=O) groups excluding carboxylic acids is 2. The van der Waals surface area contributed by atoms with Gasteiger partial charge in [0.05, 0.1) is 6.04 Å². The first-order chi connectivity index (χ1) is 10.5. The van der Waals surface area contributed by atoms with E-state index in [0.717, 1.165) is 6.42 Å². The fourth-order valence-corrected chi connectivity index (χ4v) is 2.86. The van der Waals surface area contributed by atoms with Gasteiger partial charge in [-0.15, -0.1) is 0 Å². The van der Waals surface area contributed by atoms with E-state index >= 15 is 0 Å². The third kappa shape index (κ3) is 3.21. The molecule has 0 aromatic heterocycles. The lowest BCUT2D eigenvalue weighted by molar-refractivity contribution is -0.128. The molecule has 2 fully saturated rings. The predicted octanol–water partition coefficient (Wildman–Crippen LogP) is 1.33. The Morgan fingerprint density at radius 3 is 2.86 bits per heavy atom. The Morgan fingerprint density at radius 2 is 2.18 bits per heavy atom. The summed E-state index contributed by atoms with van der Waals surface area (Å²) in [4.78, 5) is 25.6. The molecule has 2 amide bonds. The fraction of sp³-hybridized carbons (Fsp3) is 0.500. The highest BCUT2D eigenvalue weighted by atomic mass is 19.1. The van der Waals surface area contributed by atoms with Crippen molar-refractivity contribution in [2.75, 3.05) is 13.2 Å². The fourth-order valence-electron chi connectivity index (χ4n) is 2.86. The molecule has 1 aliphatic heterocycles. The van der Waals surface area contributed by atoms with Gasteiger partial charge in [-0.3, -0.25) is 9.59 Å². The number of ether oxygens (including phenoxy) is 1. The third-order valence-corrected chi connectivity index (χ3v) is 4.19. The summed E-state index contributed by atoms with van der Waals surface area (Å²) in [5, 5.41) is 2.78. The second-order valence-electron chi connectivity index (χ2n) is 6.01. The van der Waals surface area contributed by atoms with Gasteiger partial charge in [0.1, 0.15) is 0 Å². The summed E-state index contributed by atoms with van der Waals surface area (Å²) in [7, 11) is 0. The van der Waals surface area contributed by atoms with E-state index in [1.54, 1.807) is 12.1 Å². The molecular formula is C16H19FN2O3. The summed E-state index contributed by atoms with van der Waals surface area (Å²) in [5.41, 5.74) is 0. The Bertz CT molecular complexity index is 593. The van der Waals surface area contributed by atoms with E-state index in [4.69, 9.17) is 4.74 Å². The molecule has 1 N–H and O–H groups in total. The van der Waals surface area contributed by atoms with Gasteiger partial charge < -0.3 is 15.0 Å². The van der Waals surface area contributed by atoms with Gasteiger partial charge in [0.2, 0.25) is 5.91 Å². The highest BCUT2D eigenvalue weighted by Crippen LogP contribution is 2.37. The molecular weight excluding hydrogens is 287 g/mol. The van der Waals surface area contributed by atoms with E-state index in [-0.39, 0.29) is 30.2 Å². The van der Waals surface area contributed by atoms with Gasteiger partial charge in [0.15, 0.2) is 18.2 Å². The van der Waals surface area contributed by atoms with E-state index in [9.17, 15) is 14.0 Å². The Kier molecular flexibility index (Phi) is 4.00. The average Bonchev–Trinajstić information content (AvgIpc) is 3.09. The average molecular weight is 306 g/mol. The number of nitrogens with zero attached hydrogens (tertiary/aromatic N) is 1. The number of benzene rings is 1. The Morgan fingerprint density at radius 1 is 1.45 bits per heavy atom. The SMILES string of the molecule is C[C@@H]1C[C@H]1N1C[C@@H](NC(=O)COc2ccccc2F)CC1=O. The molecule has 3 atom stereocenters. The molecule has 1 heterocycles. The number of rotatable bonds is 5. The summed E-state index contributed by atoms with van der Waals surface area (Å²) in [6, 6.07) is 6.09. The Labute approximate surface area is 128 Å². The van der Waals surface area contributed by atoms with Gasteiger partial charge in [-0.25, -0.2) is 4.39 Å². The van der Waals surface area contributed by atoms with Crippen molar-refractivity contribution in [3.05, 3.63) is 30.1 Å². The lowest BCUT2D eigenvalue weighted by Gasteiger charge is -2.17. The topological polar surface area (TPSA) is 58.6 Å². The number of likely N-dealkylation sites (tertiary alicyclic amines) is 1. The first kappa shape index (κ1) is 14.8. The van der Waals surface area contributed by atoms with Gasteiger partial charge in [-0.2, -0.15) is 0 Å². The minimum Gasteiger partial charge on any atom is -0.481 e. The van der Waals surface area contributed by atoms with Gasteiger partial charge in [0, 0.05) is 19.0 Å². The Hall–Kier alpha value is -2.11. The molecule has 1 saturated heterocycles. The smallest absolute Gasteiger partial charge is 0.258 e. The molecule has 3 rings (SSSR count). The zero-order valence-corrected chi connectivity index (χ0v) is 12.4. The minimum absolute atomic E-state index is 0.0496. The van der Waals surface area contributed by atoms with Gasteiger partial charge in [-0.05, 0) is 24.5 Å². The van der Waals surface area contributed by atoms with Crippen molar-refractivity contribution in [2.45, 2.75) is 31.8 Å². The number of hydrogen-bond acceptors (Lipinski definition) is 3. The van der Waals surface area contributed by atoms with Gasteiger partial charge in [-0.1, -0.05) is 19.1 Å². The maximum absolute atomic E-state index is 13.4. The number of para-hydroxylation sites is 1. The quantitative estimate of drug-likeness (QED) is 0.893. The molecule has 0 spiro atoms. The third-order valence-electron chi connectivity index (χ3n) is 4.19. The monoisotopic (exact) mass is 306 g/mol.